The van der Waals surface area contributed by atoms with Gasteiger partial charge in [-0.25, -0.2) is 14.8 Å². The Morgan fingerprint density at radius 2 is 2.22 bits per heavy atom. The second-order valence-electron chi connectivity index (χ2n) is 4.45. The van der Waals surface area contributed by atoms with Gasteiger partial charge in [0.15, 0.2) is 5.69 Å². The molecule has 1 aromatic rings. The third-order valence-electron chi connectivity index (χ3n) is 2.62. The molecule has 1 rings (SSSR count). The van der Waals surface area contributed by atoms with Crippen molar-refractivity contribution in [1.82, 2.24) is 15.3 Å². The summed E-state index contributed by atoms with van der Waals surface area (Å²) in [6, 6.07) is 0. The summed E-state index contributed by atoms with van der Waals surface area (Å²) in [5.41, 5.74) is 0.606. The number of hydrogen-bond acceptors (Lipinski definition) is 5. The van der Waals surface area contributed by atoms with E-state index in [0.717, 1.165) is 6.54 Å². The summed E-state index contributed by atoms with van der Waals surface area (Å²) >= 11 is 0. The van der Waals surface area contributed by atoms with Crippen LogP contribution in [0.5, 0.6) is 0 Å². The van der Waals surface area contributed by atoms with Crippen LogP contribution in [0.15, 0.2) is 6.20 Å². The maximum atomic E-state index is 11.2. The molecule has 0 atom stereocenters. The fourth-order valence-corrected chi connectivity index (χ4v) is 1.50. The predicted molar refractivity (Wildman–Crippen MR) is 70.3 cm³/mol. The Morgan fingerprint density at radius 3 is 2.72 bits per heavy atom. The zero-order chi connectivity index (χ0) is 13.7. The van der Waals surface area contributed by atoms with Gasteiger partial charge in [-0.3, -0.25) is 0 Å². The fraction of sp³-hybridized carbons (Fsp3) is 0.583. The number of likely N-dealkylation sites (N-methyl/N-ethyl adjacent to an activating group) is 2. The van der Waals surface area contributed by atoms with Gasteiger partial charge in [0.1, 0.15) is 5.82 Å². The maximum absolute atomic E-state index is 11.2. The van der Waals surface area contributed by atoms with E-state index in [9.17, 15) is 9.90 Å². The Bertz CT molecular complexity index is 421. The molecule has 0 aliphatic rings. The first-order valence-corrected chi connectivity index (χ1v) is 5.93. The summed E-state index contributed by atoms with van der Waals surface area (Å²) in [7, 11) is 3.68. The highest BCUT2D eigenvalue weighted by Crippen LogP contribution is 2.19. The zero-order valence-corrected chi connectivity index (χ0v) is 11.3. The minimum absolute atomic E-state index is 0.0623. The highest BCUT2D eigenvalue weighted by atomic mass is 16.4. The van der Waals surface area contributed by atoms with Gasteiger partial charge in [0.05, 0.1) is 11.9 Å². The van der Waals surface area contributed by atoms with E-state index in [1.54, 1.807) is 6.20 Å². The van der Waals surface area contributed by atoms with Gasteiger partial charge in [-0.05, 0) is 7.05 Å². The van der Waals surface area contributed by atoms with Crippen molar-refractivity contribution in [3.05, 3.63) is 17.7 Å². The highest BCUT2D eigenvalue weighted by Gasteiger charge is 2.18. The van der Waals surface area contributed by atoms with Gasteiger partial charge in [0.25, 0.3) is 0 Å². The van der Waals surface area contributed by atoms with Crippen molar-refractivity contribution in [3.63, 3.8) is 0 Å². The average molecular weight is 252 g/mol. The van der Waals surface area contributed by atoms with Crippen LogP contribution in [0.25, 0.3) is 0 Å². The molecule has 0 aliphatic carbocycles. The molecule has 6 nitrogen and oxygen atoms in total. The van der Waals surface area contributed by atoms with E-state index in [-0.39, 0.29) is 11.6 Å². The largest absolute Gasteiger partial charge is 0.476 e. The first kappa shape index (κ1) is 14.4. The van der Waals surface area contributed by atoms with Crippen LogP contribution in [0.2, 0.25) is 0 Å². The number of nitrogens with one attached hydrogen (secondary N) is 1. The van der Waals surface area contributed by atoms with Crippen molar-refractivity contribution in [1.29, 1.82) is 0 Å². The third kappa shape index (κ3) is 3.40. The van der Waals surface area contributed by atoms with Crippen molar-refractivity contribution in [2.24, 2.45) is 0 Å². The molecule has 0 aliphatic heterocycles. The van der Waals surface area contributed by atoms with Crippen LogP contribution in [-0.2, 0) is 0 Å². The summed E-state index contributed by atoms with van der Waals surface area (Å²) < 4.78 is 0. The lowest BCUT2D eigenvalue weighted by atomic mass is 10.2. The molecule has 2 N–H and O–H groups in total. The monoisotopic (exact) mass is 252 g/mol. The van der Waals surface area contributed by atoms with Gasteiger partial charge in [0, 0.05) is 26.1 Å². The molecule has 1 aromatic heterocycles. The molecule has 100 valence electrons. The van der Waals surface area contributed by atoms with Gasteiger partial charge in [-0.1, -0.05) is 13.8 Å². The van der Waals surface area contributed by atoms with Crippen molar-refractivity contribution in [3.8, 4) is 0 Å². The molecule has 18 heavy (non-hydrogen) atoms. The summed E-state index contributed by atoms with van der Waals surface area (Å²) in [4.78, 5) is 21.4. The van der Waals surface area contributed by atoms with Gasteiger partial charge in [-0.2, -0.15) is 0 Å². The number of aromatic nitrogens is 2. The number of carboxylic acid groups (broad SMARTS) is 1. The lowest BCUT2D eigenvalue weighted by molar-refractivity contribution is 0.0690. The van der Waals surface area contributed by atoms with E-state index < -0.39 is 5.97 Å². The fourth-order valence-electron chi connectivity index (χ4n) is 1.50. The average Bonchev–Trinajstić information content (AvgIpc) is 2.34. The quantitative estimate of drug-likeness (QED) is 0.785. The topological polar surface area (TPSA) is 78.3 Å². The molecular weight excluding hydrogens is 232 g/mol. The zero-order valence-electron chi connectivity index (χ0n) is 11.3. The number of hydrogen-bond donors (Lipinski definition) is 2. The maximum Gasteiger partial charge on any atom is 0.356 e. The number of carbonyl (C=O) groups is 1. The minimum Gasteiger partial charge on any atom is -0.476 e. The van der Waals surface area contributed by atoms with Crippen molar-refractivity contribution >= 4 is 11.7 Å². The summed E-state index contributed by atoms with van der Waals surface area (Å²) in [6.07, 6.45) is 1.58. The summed E-state index contributed by atoms with van der Waals surface area (Å²) in [5.74, 6) is -0.358. The molecule has 0 aromatic carbocycles. The number of anilines is 1. The molecule has 0 amide bonds. The lowest BCUT2D eigenvalue weighted by Crippen LogP contribution is -2.29. The van der Waals surface area contributed by atoms with Crippen LogP contribution < -0.4 is 10.2 Å². The Kier molecular flexibility index (Phi) is 5.03. The molecule has 0 fully saturated rings. The number of carboxylic acids is 1. The summed E-state index contributed by atoms with van der Waals surface area (Å²) in [6.45, 7) is 5.33. The Labute approximate surface area is 107 Å². The van der Waals surface area contributed by atoms with E-state index in [4.69, 9.17) is 0 Å². The van der Waals surface area contributed by atoms with E-state index in [0.29, 0.717) is 18.1 Å². The first-order chi connectivity index (χ1) is 8.47. The first-order valence-electron chi connectivity index (χ1n) is 5.93. The highest BCUT2D eigenvalue weighted by molar-refractivity contribution is 5.91. The number of aromatic carboxylic acids is 1. The van der Waals surface area contributed by atoms with Crippen molar-refractivity contribution in [2.45, 2.75) is 19.8 Å². The molecule has 0 radical (unpaired) electrons. The second-order valence-corrected chi connectivity index (χ2v) is 4.45. The second kappa shape index (κ2) is 6.30. The van der Waals surface area contributed by atoms with Crippen molar-refractivity contribution in [2.75, 3.05) is 32.1 Å². The molecule has 1 heterocycles. The smallest absolute Gasteiger partial charge is 0.356 e. The van der Waals surface area contributed by atoms with Gasteiger partial charge >= 0.3 is 5.97 Å². The molecule has 0 saturated heterocycles. The molecular formula is C12H20N4O2. The van der Waals surface area contributed by atoms with E-state index >= 15 is 0 Å². The van der Waals surface area contributed by atoms with Crippen LogP contribution in [0.4, 0.5) is 5.69 Å². The van der Waals surface area contributed by atoms with Gasteiger partial charge in [0.2, 0.25) is 0 Å². The standard InChI is InChI=1S/C12H20N4O2/c1-8(2)11-14-7-9(10(15-11)12(17)18)16(4)6-5-13-3/h7-8,13H,5-6H2,1-4H3,(H,17,18). The molecule has 0 spiro atoms. The van der Waals surface area contributed by atoms with Crippen LogP contribution in [0, 0.1) is 0 Å². The molecule has 0 bridgehead atoms. The Morgan fingerprint density at radius 1 is 1.56 bits per heavy atom. The van der Waals surface area contributed by atoms with Crippen molar-refractivity contribution < 1.29 is 9.90 Å². The normalized spacial score (nSPS) is 10.7. The predicted octanol–water partition coefficient (Wildman–Crippen LogP) is 0.954. The van der Waals surface area contributed by atoms with Gasteiger partial charge < -0.3 is 15.3 Å². The van der Waals surface area contributed by atoms with E-state index in [2.05, 4.69) is 15.3 Å². The molecule has 6 heteroatoms. The van der Waals surface area contributed by atoms with Crippen LogP contribution in [-0.4, -0.2) is 48.2 Å². The Balaban J connectivity index is 3.07. The van der Waals surface area contributed by atoms with Crippen LogP contribution in [0.3, 0.4) is 0 Å². The lowest BCUT2D eigenvalue weighted by Gasteiger charge is -2.20. The van der Waals surface area contributed by atoms with Crippen LogP contribution in [0.1, 0.15) is 36.1 Å². The molecule has 0 unspecified atom stereocenters. The third-order valence-corrected chi connectivity index (χ3v) is 2.62. The SMILES string of the molecule is CNCCN(C)c1cnc(C(C)C)nc1C(=O)O. The van der Waals surface area contributed by atoms with Gasteiger partial charge in [-0.15, -0.1) is 0 Å². The van der Waals surface area contributed by atoms with E-state index in [1.165, 1.54) is 0 Å². The number of nitrogens with zero attached hydrogens (tertiary/aromatic N) is 3. The number of rotatable bonds is 6. The minimum atomic E-state index is -1.02. The summed E-state index contributed by atoms with van der Waals surface area (Å²) in [5, 5.41) is 12.2. The molecule has 0 saturated carbocycles. The van der Waals surface area contributed by atoms with Crippen LogP contribution >= 0.6 is 0 Å². The Hall–Kier alpha value is -1.69. The van der Waals surface area contributed by atoms with E-state index in [1.807, 2.05) is 32.8 Å².